The average molecular weight is 325 g/mol. The second-order valence-electron chi connectivity index (χ2n) is 4.16. The van der Waals surface area contributed by atoms with E-state index in [1.165, 1.54) is 23.5 Å². The molecular formula is C13H15N3O3S2. The first-order valence-corrected chi connectivity index (χ1v) is 8.64. The number of carbonyl (C=O) groups is 1. The number of hydrogen-bond acceptors (Lipinski definition) is 5. The lowest BCUT2D eigenvalue weighted by atomic mass is 10.4. The number of benzene rings is 1. The molecule has 0 fully saturated rings. The monoisotopic (exact) mass is 325 g/mol. The van der Waals surface area contributed by atoms with E-state index in [0.29, 0.717) is 13.0 Å². The summed E-state index contributed by atoms with van der Waals surface area (Å²) in [4.78, 5) is 15.8. The van der Waals surface area contributed by atoms with Gasteiger partial charge in [0.15, 0.2) is 0 Å². The summed E-state index contributed by atoms with van der Waals surface area (Å²) >= 11 is 1.52. The molecule has 1 heterocycles. The fourth-order valence-electron chi connectivity index (χ4n) is 1.59. The Morgan fingerprint density at radius 3 is 2.67 bits per heavy atom. The molecule has 8 heteroatoms. The van der Waals surface area contributed by atoms with Crippen LogP contribution < -0.4 is 10.0 Å². The number of rotatable bonds is 7. The van der Waals surface area contributed by atoms with Crippen molar-refractivity contribution in [1.82, 2.24) is 15.0 Å². The third-order valence-corrected chi connectivity index (χ3v) is 4.88. The van der Waals surface area contributed by atoms with E-state index in [-0.39, 0.29) is 17.3 Å². The van der Waals surface area contributed by atoms with Crippen molar-refractivity contribution < 1.29 is 13.2 Å². The largest absolute Gasteiger partial charge is 0.355 e. The van der Waals surface area contributed by atoms with Crippen LogP contribution in [0.2, 0.25) is 0 Å². The van der Waals surface area contributed by atoms with Gasteiger partial charge in [0.2, 0.25) is 15.9 Å². The maximum Gasteiger partial charge on any atom is 0.241 e. The molecular weight excluding hydrogens is 310 g/mol. The Morgan fingerprint density at radius 2 is 2.00 bits per heavy atom. The maximum atomic E-state index is 11.9. The van der Waals surface area contributed by atoms with Crippen LogP contribution in [-0.4, -0.2) is 32.4 Å². The van der Waals surface area contributed by atoms with Crippen molar-refractivity contribution in [2.24, 2.45) is 0 Å². The molecule has 0 saturated heterocycles. The maximum absolute atomic E-state index is 11.9. The molecule has 2 aromatic rings. The molecule has 1 aromatic heterocycles. The fourth-order valence-corrected chi connectivity index (χ4v) is 3.21. The van der Waals surface area contributed by atoms with Gasteiger partial charge in [-0.2, -0.15) is 0 Å². The number of nitrogens with one attached hydrogen (secondary N) is 2. The van der Waals surface area contributed by atoms with Crippen LogP contribution in [0.4, 0.5) is 0 Å². The van der Waals surface area contributed by atoms with Gasteiger partial charge >= 0.3 is 0 Å². The molecule has 0 atom stereocenters. The summed E-state index contributed by atoms with van der Waals surface area (Å²) < 4.78 is 26.1. The average Bonchev–Trinajstić information content (AvgIpc) is 2.99. The molecule has 0 bridgehead atoms. The molecule has 0 saturated carbocycles. The van der Waals surface area contributed by atoms with Gasteiger partial charge in [-0.1, -0.05) is 18.2 Å². The lowest BCUT2D eigenvalue weighted by Crippen LogP contribution is -2.37. The first-order chi connectivity index (χ1) is 10.1. The molecule has 0 unspecified atom stereocenters. The van der Waals surface area contributed by atoms with Gasteiger partial charge < -0.3 is 5.32 Å². The number of carbonyl (C=O) groups excluding carboxylic acids is 1. The Bertz CT molecular complexity index is 670. The normalized spacial score (nSPS) is 11.2. The summed E-state index contributed by atoms with van der Waals surface area (Å²) in [6.07, 6.45) is 2.34. The van der Waals surface area contributed by atoms with Gasteiger partial charge in [0.1, 0.15) is 0 Å². The second kappa shape index (κ2) is 7.30. The van der Waals surface area contributed by atoms with Gasteiger partial charge in [-0.25, -0.2) is 18.1 Å². The van der Waals surface area contributed by atoms with Gasteiger partial charge in [0.05, 0.1) is 16.4 Å². The van der Waals surface area contributed by atoms with E-state index in [2.05, 4.69) is 15.0 Å². The third kappa shape index (κ3) is 4.92. The Labute approximate surface area is 127 Å². The van der Waals surface area contributed by atoms with Gasteiger partial charge in [-0.3, -0.25) is 4.79 Å². The van der Waals surface area contributed by atoms with Crippen molar-refractivity contribution in [2.45, 2.75) is 11.3 Å². The molecule has 0 aliphatic heterocycles. The minimum atomic E-state index is -3.64. The highest BCUT2D eigenvalue weighted by molar-refractivity contribution is 7.89. The molecule has 0 spiro atoms. The highest BCUT2D eigenvalue weighted by Gasteiger charge is 2.14. The summed E-state index contributed by atoms with van der Waals surface area (Å²) in [5, 5.41) is 5.44. The van der Waals surface area contributed by atoms with Crippen LogP contribution in [0.5, 0.6) is 0 Å². The van der Waals surface area contributed by atoms with E-state index in [0.717, 1.165) is 5.01 Å². The molecule has 112 valence electrons. The molecule has 0 aliphatic rings. The fraction of sp³-hybridized carbons (Fsp3) is 0.231. The van der Waals surface area contributed by atoms with Crippen LogP contribution in [0.3, 0.4) is 0 Å². The highest BCUT2D eigenvalue weighted by Crippen LogP contribution is 2.06. The predicted octanol–water partition coefficient (Wildman–Crippen LogP) is 0.780. The molecule has 2 N–H and O–H groups in total. The minimum Gasteiger partial charge on any atom is -0.355 e. The first-order valence-electron chi connectivity index (χ1n) is 6.28. The van der Waals surface area contributed by atoms with Gasteiger partial charge in [0.25, 0.3) is 0 Å². The quantitative estimate of drug-likeness (QED) is 0.787. The molecule has 21 heavy (non-hydrogen) atoms. The van der Waals surface area contributed by atoms with Crippen molar-refractivity contribution >= 4 is 27.3 Å². The zero-order valence-corrected chi connectivity index (χ0v) is 12.8. The smallest absolute Gasteiger partial charge is 0.241 e. The van der Waals surface area contributed by atoms with E-state index in [1.54, 1.807) is 24.4 Å². The van der Waals surface area contributed by atoms with E-state index >= 15 is 0 Å². The van der Waals surface area contributed by atoms with Crippen molar-refractivity contribution in [3.63, 3.8) is 0 Å². The number of nitrogens with zero attached hydrogens (tertiary/aromatic N) is 1. The van der Waals surface area contributed by atoms with E-state index in [9.17, 15) is 13.2 Å². The molecule has 0 radical (unpaired) electrons. The summed E-state index contributed by atoms with van der Waals surface area (Å²) in [5.41, 5.74) is 0. The minimum absolute atomic E-state index is 0.139. The van der Waals surface area contributed by atoms with Crippen LogP contribution in [0.15, 0.2) is 46.8 Å². The third-order valence-electron chi connectivity index (χ3n) is 2.62. The Balaban J connectivity index is 1.76. The molecule has 0 aliphatic carbocycles. The summed E-state index contributed by atoms with van der Waals surface area (Å²) in [6.45, 7) is 0.147. The van der Waals surface area contributed by atoms with Crippen LogP contribution in [0, 0.1) is 0 Å². The van der Waals surface area contributed by atoms with Crippen molar-refractivity contribution in [3.8, 4) is 0 Å². The van der Waals surface area contributed by atoms with E-state index in [4.69, 9.17) is 0 Å². The molecule has 6 nitrogen and oxygen atoms in total. The predicted molar refractivity (Wildman–Crippen MR) is 80.5 cm³/mol. The molecule has 2 rings (SSSR count). The van der Waals surface area contributed by atoms with Crippen LogP contribution in [0.25, 0.3) is 0 Å². The summed E-state index contributed by atoms with van der Waals surface area (Å²) in [7, 11) is -3.64. The zero-order chi connectivity index (χ0) is 15.1. The topological polar surface area (TPSA) is 88.2 Å². The number of amides is 1. The molecule has 1 aromatic carbocycles. The van der Waals surface area contributed by atoms with Crippen molar-refractivity contribution in [2.75, 3.05) is 13.1 Å². The van der Waals surface area contributed by atoms with Crippen molar-refractivity contribution in [3.05, 3.63) is 46.9 Å². The van der Waals surface area contributed by atoms with Gasteiger partial charge in [-0.15, -0.1) is 11.3 Å². The van der Waals surface area contributed by atoms with Gasteiger partial charge in [-0.05, 0) is 12.1 Å². The first kappa shape index (κ1) is 15.6. The summed E-state index contributed by atoms with van der Waals surface area (Å²) in [5.74, 6) is -0.369. The van der Waals surface area contributed by atoms with Gasteiger partial charge in [0, 0.05) is 24.5 Å². The standard InChI is InChI=1S/C13H15N3O3S2/c17-12(14-7-6-13-15-8-9-20-13)10-16-21(18,19)11-4-2-1-3-5-11/h1-5,8-9,16H,6-7,10H2,(H,14,17). The number of thiazole rings is 1. The Morgan fingerprint density at radius 1 is 1.24 bits per heavy atom. The van der Waals surface area contributed by atoms with E-state index in [1.807, 2.05) is 5.38 Å². The number of sulfonamides is 1. The summed E-state index contributed by atoms with van der Waals surface area (Å²) in [6, 6.07) is 7.93. The zero-order valence-electron chi connectivity index (χ0n) is 11.2. The SMILES string of the molecule is O=C(CNS(=O)(=O)c1ccccc1)NCCc1nccs1. The highest BCUT2D eigenvalue weighted by atomic mass is 32.2. The van der Waals surface area contributed by atoms with Crippen LogP contribution >= 0.6 is 11.3 Å². The second-order valence-corrected chi connectivity index (χ2v) is 6.91. The molecule has 1 amide bonds. The lowest BCUT2D eigenvalue weighted by molar-refractivity contribution is -0.119. The Hall–Kier alpha value is -1.77. The lowest BCUT2D eigenvalue weighted by Gasteiger charge is -2.07. The van der Waals surface area contributed by atoms with E-state index < -0.39 is 10.0 Å². The Kier molecular flexibility index (Phi) is 5.43. The number of hydrogen-bond donors (Lipinski definition) is 2. The number of aromatic nitrogens is 1. The van der Waals surface area contributed by atoms with Crippen LogP contribution in [-0.2, 0) is 21.2 Å². The van der Waals surface area contributed by atoms with Crippen molar-refractivity contribution in [1.29, 1.82) is 0 Å². The van der Waals surface area contributed by atoms with Crippen LogP contribution in [0.1, 0.15) is 5.01 Å².